The first-order valence-corrected chi connectivity index (χ1v) is 8.85. The number of benzene rings is 1. The molecule has 0 spiro atoms. The quantitative estimate of drug-likeness (QED) is 0.859. The number of aromatic nitrogens is 2. The molecule has 0 bridgehead atoms. The molecular weight excluding hydrogens is 332 g/mol. The molecule has 1 aliphatic rings. The minimum Gasteiger partial charge on any atom is -0.474 e. The molecule has 1 fully saturated rings. The number of hydrogen-bond acceptors (Lipinski definition) is 5. The molecule has 2 heterocycles. The Bertz CT molecular complexity index is 703. The van der Waals surface area contributed by atoms with Crippen LogP contribution in [0.3, 0.4) is 0 Å². The van der Waals surface area contributed by atoms with Gasteiger partial charge in [0.15, 0.2) is 0 Å². The number of amides is 2. The zero-order valence-corrected chi connectivity index (χ0v) is 14.9. The highest BCUT2D eigenvalue weighted by molar-refractivity contribution is 5.74. The van der Waals surface area contributed by atoms with Crippen LogP contribution < -0.4 is 14.8 Å². The standard InChI is InChI=1S/C19H24N4O3/c1-25-18-20-12-8-17(22-18)26-16-9-13-23(14-10-16)19(24)21-11-7-15-5-3-2-4-6-15/h2-6,8,12,16H,7,9-11,13-14H2,1H3,(H,21,24). The molecule has 3 rings (SSSR count). The Kier molecular flexibility index (Phi) is 6.24. The van der Waals surface area contributed by atoms with E-state index in [9.17, 15) is 4.79 Å². The van der Waals surface area contributed by atoms with Gasteiger partial charge in [0.1, 0.15) is 6.10 Å². The molecule has 1 N–H and O–H groups in total. The summed E-state index contributed by atoms with van der Waals surface area (Å²) in [6.45, 7) is 1.98. The molecule has 0 radical (unpaired) electrons. The molecule has 1 aromatic heterocycles. The van der Waals surface area contributed by atoms with Crippen LogP contribution in [0.2, 0.25) is 0 Å². The van der Waals surface area contributed by atoms with E-state index in [1.54, 1.807) is 12.3 Å². The summed E-state index contributed by atoms with van der Waals surface area (Å²) in [7, 11) is 1.52. The van der Waals surface area contributed by atoms with Gasteiger partial charge >= 0.3 is 12.0 Å². The Hall–Kier alpha value is -2.83. The van der Waals surface area contributed by atoms with Gasteiger partial charge in [0.2, 0.25) is 5.88 Å². The number of carbonyl (C=O) groups is 1. The lowest BCUT2D eigenvalue weighted by atomic mass is 10.1. The fourth-order valence-electron chi connectivity index (χ4n) is 2.91. The fourth-order valence-corrected chi connectivity index (χ4v) is 2.91. The van der Waals surface area contributed by atoms with Crippen molar-refractivity contribution >= 4 is 6.03 Å². The Morgan fingerprint density at radius 3 is 2.73 bits per heavy atom. The van der Waals surface area contributed by atoms with Crippen LogP contribution in [0.5, 0.6) is 11.9 Å². The number of urea groups is 1. The van der Waals surface area contributed by atoms with Gasteiger partial charge in [-0.15, -0.1) is 0 Å². The van der Waals surface area contributed by atoms with Crippen molar-refractivity contribution in [1.29, 1.82) is 0 Å². The van der Waals surface area contributed by atoms with Gasteiger partial charge in [0.05, 0.1) is 7.11 Å². The minimum atomic E-state index is -0.0110. The Morgan fingerprint density at radius 1 is 1.23 bits per heavy atom. The van der Waals surface area contributed by atoms with Crippen LogP contribution in [0.1, 0.15) is 18.4 Å². The molecule has 0 atom stereocenters. The summed E-state index contributed by atoms with van der Waals surface area (Å²) in [4.78, 5) is 22.2. The second kappa shape index (κ2) is 9.03. The van der Waals surface area contributed by atoms with Crippen molar-refractivity contribution in [3.8, 4) is 11.9 Å². The third-order valence-electron chi connectivity index (χ3n) is 4.34. The normalized spacial score (nSPS) is 14.7. The van der Waals surface area contributed by atoms with E-state index < -0.39 is 0 Å². The number of carbonyl (C=O) groups excluding carboxylic acids is 1. The molecule has 138 valence electrons. The monoisotopic (exact) mass is 356 g/mol. The zero-order chi connectivity index (χ0) is 18.2. The molecule has 0 saturated carbocycles. The first kappa shape index (κ1) is 18.0. The van der Waals surface area contributed by atoms with E-state index >= 15 is 0 Å². The maximum absolute atomic E-state index is 12.3. The van der Waals surface area contributed by atoms with Crippen LogP contribution >= 0.6 is 0 Å². The molecule has 1 saturated heterocycles. The number of likely N-dealkylation sites (tertiary alicyclic amines) is 1. The molecule has 0 aliphatic carbocycles. The van der Waals surface area contributed by atoms with Gasteiger partial charge in [-0.3, -0.25) is 0 Å². The maximum Gasteiger partial charge on any atom is 0.319 e. The number of ether oxygens (including phenoxy) is 2. The highest BCUT2D eigenvalue weighted by atomic mass is 16.5. The van der Waals surface area contributed by atoms with Crippen molar-refractivity contribution in [3.63, 3.8) is 0 Å². The molecule has 0 unspecified atom stereocenters. The minimum absolute atomic E-state index is 0.0110. The van der Waals surface area contributed by atoms with Gasteiger partial charge < -0.3 is 19.7 Å². The van der Waals surface area contributed by atoms with E-state index in [0.717, 1.165) is 19.3 Å². The molecular formula is C19H24N4O3. The summed E-state index contributed by atoms with van der Waals surface area (Å²) in [5.41, 5.74) is 1.22. The SMILES string of the molecule is COc1nccc(OC2CCN(C(=O)NCCc3ccccc3)CC2)n1. The highest BCUT2D eigenvalue weighted by Gasteiger charge is 2.24. The summed E-state index contributed by atoms with van der Waals surface area (Å²) in [6, 6.07) is 12.1. The number of nitrogens with zero attached hydrogens (tertiary/aromatic N) is 3. The number of nitrogens with one attached hydrogen (secondary N) is 1. The lowest BCUT2D eigenvalue weighted by Crippen LogP contribution is -2.46. The van der Waals surface area contributed by atoms with Gasteiger partial charge in [0, 0.05) is 44.7 Å². The van der Waals surface area contributed by atoms with E-state index in [2.05, 4.69) is 27.4 Å². The summed E-state index contributed by atoms with van der Waals surface area (Å²) in [5.74, 6) is 0.502. The lowest BCUT2D eigenvalue weighted by Gasteiger charge is -2.31. The van der Waals surface area contributed by atoms with E-state index in [4.69, 9.17) is 9.47 Å². The average Bonchev–Trinajstić information content (AvgIpc) is 2.69. The lowest BCUT2D eigenvalue weighted by molar-refractivity contribution is 0.106. The van der Waals surface area contributed by atoms with Crippen molar-refractivity contribution in [2.24, 2.45) is 0 Å². The van der Waals surface area contributed by atoms with Crippen molar-refractivity contribution in [3.05, 3.63) is 48.2 Å². The number of methoxy groups -OCH3 is 1. The van der Waals surface area contributed by atoms with E-state index in [0.29, 0.717) is 25.5 Å². The topological polar surface area (TPSA) is 76.6 Å². The molecule has 7 heteroatoms. The number of rotatable bonds is 6. The molecule has 2 aromatic rings. The van der Waals surface area contributed by atoms with Crippen LogP contribution in [-0.4, -0.2) is 53.7 Å². The van der Waals surface area contributed by atoms with Crippen LogP contribution in [0.15, 0.2) is 42.6 Å². The molecule has 2 amide bonds. The third kappa shape index (κ3) is 5.08. The largest absolute Gasteiger partial charge is 0.474 e. The second-order valence-corrected chi connectivity index (χ2v) is 6.15. The van der Waals surface area contributed by atoms with Crippen molar-refractivity contribution in [2.45, 2.75) is 25.4 Å². The van der Waals surface area contributed by atoms with Crippen molar-refractivity contribution < 1.29 is 14.3 Å². The summed E-state index contributed by atoms with van der Waals surface area (Å²) >= 11 is 0. The van der Waals surface area contributed by atoms with E-state index in [1.807, 2.05) is 23.1 Å². The van der Waals surface area contributed by atoms with E-state index in [1.165, 1.54) is 12.7 Å². The fraction of sp³-hybridized carbons (Fsp3) is 0.421. The maximum atomic E-state index is 12.3. The van der Waals surface area contributed by atoms with Crippen molar-refractivity contribution in [2.75, 3.05) is 26.7 Å². The first-order valence-electron chi connectivity index (χ1n) is 8.85. The van der Waals surface area contributed by atoms with Gasteiger partial charge in [-0.2, -0.15) is 4.98 Å². The summed E-state index contributed by atoms with van der Waals surface area (Å²) in [6.07, 6.45) is 4.04. The third-order valence-corrected chi connectivity index (χ3v) is 4.34. The highest BCUT2D eigenvalue weighted by Crippen LogP contribution is 2.18. The average molecular weight is 356 g/mol. The van der Waals surface area contributed by atoms with Crippen LogP contribution in [-0.2, 0) is 6.42 Å². The molecule has 1 aliphatic heterocycles. The number of hydrogen-bond donors (Lipinski definition) is 1. The predicted molar refractivity (Wildman–Crippen MR) is 97.4 cm³/mol. The summed E-state index contributed by atoms with van der Waals surface area (Å²) < 4.78 is 10.9. The molecule has 1 aromatic carbocycles. The van der Waals surface area contributed by atoms with Gasteiger partial charge in [-0.25, -0.2) is 9.78 Å². The predicted octanol–water partition coefficient (Wildman–Crippen LogP) is 2.28. The Balaban J connectivity index is 1.39. The first-order chi connectivity index (χ1) is 12.7. The van der Waals surface area contributed by atoms with Gasteiger partial charge in [-0.1, -0.05) is 30.3 Å². The molecule has 26 heavy (non-hydrogen) atoms. The van der Waals surface area contributed by atoms with Crippen LogP contribution in [0, 0.1) is 0 Å². The van der Waals surface area contributed by atoms with E-state index in [-0.39, 0.29) is 18.1 Å². The van der Waals surface area contributed by atoms with Crippen LogP contribution in [0.25, 0.3) is 0 Å². The molecule has 7 nitrogen and oxygen atoms in total. The van der Waals surface area contributed by atoms with Crippen LogP contribution in [0.4, 0.5) is 4.79 Å². The number of piperidine rings is 1. The zero-order valence-electron chi connectivity index (χ0n) is 14.9. The van der Waals surface area contributed by atoms with Gasteiger partial charge in [0.25, 0.3) is 0 Å². The van der Waals surface area contributed by atoms with Crippen molar-refractivity contribution in [1.82, 2.24) is 20.2 Å². The van der Waals surface area contributed by atoms with Gasteiger partial charge in [-0.05, 0) is 12.0 Å². The second-order valence-electron chi connectivity index (χ2n) is 6.15. The Morgan fingerprint density at radius 2 is 2.00 bits per heavy atom. The summed E-state index contributed by atoms with van der Waals surface area (Å²) in [5, 5.41) is 2.99. The smallest absolute Gasteiger partial charge is 0.319 e. The Labute approximate surface area is 153 Å².